The van der Waals surface area contributed by atoms with E-state index in [-0.39, 0.29) is 17.7 Å². The lowest BCUT2D eigenvalue weighted by molar-refractivity contribution is -0.141. The van der Waals surface area contributed by atoms with Crippen LogP contribution in [-0.4, -0.2) is 29.8 Å². The minimum Gasteiger partial charge on any atom is -0.342 e. The molecular weight excluding hydrogens is 348 g/mol. The molecule has 1 heterocycles. The van der Waals surface area contributed by atoms with E-state index >= 15 is 0 Å². The average molecular weight is 377 g/mol. The molecule has 0 atom stereocenters. The molecule has 2 aromatic carbocycles. The first-order valence-electron chi connectivity index (χ1n) is 10.4. The van der Waals surface area contributed by atoms with Crippen LogP contribution in [0.4, 0.5) is 5.69 Å². The molecule has 0 N–H and O–H groups in total. The number of rotatable bonds is 5. The van der Waals surface area contributed by atoms with Gasteiger partial charge in [0.1, 0.15) is 0 Å². The molecule has 1 aliphatic heterocycles. The van der Waals surface area contributed by atoms with Gasteiger partial charge in [-0.05, 0) is 43.4 Å². The number of amides is 2. The third kappa shape index (κ3) is 4.11. The van der Waals surface area contributed by atoms with E-state index in [9.17, 15) is 9.59 Å². The van der Waals surface area contributed by atoms with Crippen molar-refractivity contribution in [3.8, 4) is 0 Å². The van der Waals surface area contributed by atoms with Crippen LogP contribution < -0.4 is 4.90 Å². The minimum absolute atomic E-state index is 0.0191. The molecule has 2 amide bonds. The lowest BCUT2D eigenvalue weighted by Gasteiger charge is -2.37. The number of hydrogen-bond donors (Lipinski definition) is 0. The van der Waals surface area contributed by atoms with E-state index in [0.717, 1.165) is 36.9 Å². The second-order valence-corrected chi connectivity index (χ2v) is 7.97. The van der Waals surface area contributed by atoms with Gasteiger partial charge in [-0.15, -0.1) is 0 Å². The van der Waals surface area contributed by atoms with Crippen molar-refractivity contribution in [1.29, 1.82) is 0 Å². The summed E-state index contributed by atoms with van der Waals surface area (Å²) >= 11 is 0. The van der Waals surface area contributed by atoms with Gasteiger partial charge in [-0.2, -0.15) is 0 Å². The quantitative estimate of drug-likeness (QED) is 0.782. The van der Waals surface area contributed by atoms with Crippen LogP contribution in [0.25, 0.3) is 0 Å². The highest BCUT2D eigenvalue weighted by Crippen LogP contribution is 2.31. The molecule has 146 valence electrons. The summed E-state index contributed by atoms with van der Waals surface area (Å²) in [6, 6.07) is 20.0. The number of carbonyl (C=O) groups excluding carboxylic acids is 2. The maximum atomic E-state index is 13.4. The van der Waals surface area contributed by atoms with E-state index in [1.54, 1.807) is 0 Å². The Kier molecular flexibility index (Phi) is 5.75. The standard InChI is InChI=1S/C24H28N2O2/c27-23(20-10-7-11-20)25-16-14-21(15-17-25)24(28)26(22-12-5-2-6-13-22)18-19-8-3-1-4-9-19/h1-6,8-9,12-13,20-21H,7,10-11,14-18H2. The number of benzene rings is 2. The molecule has 2 aliphatic rings. The molecule has 1 saturated carbocycles. The van der Waals surface area contributed by atoms with Gasteiger partial charge in [0.2, 0.25) is 11.8 Å². The topological polar surface area (TPSA) is 40.6 Å². The highest BCUT2D eigenvalue weighted by Gasteiger charge is 2.34. The predicted octanol–water partition coefficient (Wildman–Crippen LogP) is 4.26. The first-order valence-corrected chi connectivity index (χ1v) is 10.4. The van der Waals surface area contributed by atoms with Gasteiger partial charge in [-0.3, -0.25) is 9.59 Å². The molecule has 1 saturated heterocycles. The Morgan fingerprint density at radius 3 is 2.00 bits per heavy atom. The fraction of sp³-hybridized carbons (Fsp3) is 0.417. The van der Waals surface area contributed by atoms with Crippen molar-refractivity contribution in [2.24, 2.45) is 11.8 Å². The van der Waals surface area contributed by atoms with Gasteiger partial charge in [0.25, 0.3) is 0 Å². The van der Waals surface area contributed by atoms with Crippen molar-refractivity contribution in [3.05, 3.63) is 66.2 Å². The summed E-state index contributed by atoms with van der Waals surface area (Å²) in [5.41, 5.74) is 2.06. The summed E-state index contributed by atoms with van der Waals surface area (Å²) in [6.45, 7) is 1.99. The van der Waals surface area contributed by atoms with Crippen LogP contribution in [-0.2, 0) is 16.1 Å². The number of carbonyl (C=O) groups is 2. The van der Waals surface area contributed by atoms with Crippen molar-refractivity contribution >= 4 is 17.5 Å². The molecule has 0 bridgehead atoms. The number of para-hydroxylation sites is 1. The monoisotopic (exact) mass is 376 g/mol. The van der Waals surface area contributed by atoms with E-state index in [2.05, 4.69) is 12.1 Å². The molecule has 2 aromatic rings. The third-order valence-electron chi connectivity index (χ3n) is 6.13. The van der Waals surface area contributed by atoms with E-state index in [4.69, 9.17) is 0 Å². The molecule has 2 fully saturated rings. The zero-order valence-corrected chi connectivity index (χ0v) is 16.3. The Morgan fingerprint density at radius 1 is 0.821 bits per heavy atom. The SMILES string of the molecule is O=C(C1CCC1)N1CCC(C(=O)N(Cc2ccccc2)c2ccccc2)CC1. The molecule has 4 heteroatoms. The fourth-order valence-corrected chi connectivity index (χ4v) is 4.15. The first kappa shape index (κ1) is 18.7. The smallest absolute Gasteiger partial charge is 0.230 e. The van der Waals surface area contributed by atoms with Crippen LogP contribution in [0.15, 0.2) is 60.7 Å². The second-order valence-electron chi connectivity index (χ2n) is 7.97. The predicted molar refractivity (Wildman–Crippen MR) is 111 cm³/mol. The Hall–Kier alpha value is -2.62. The van der Waals surface area contributed by atoms with Crippen molar-refractivity contribution in [1.82, 2.24) is 4.90 Å². The van der Waals surface area contributed by atoms with Gasteiger partial charge in [-0.1, -0.05) is 55.0 Å². The van der Waals surface area contributed by atoms with Gasteiger partial charge < -0.3 is 9.80 Å². The van der Waals surface area contributed by atoms with Crippen LogP contribution in [0, 0.1) is 11.8 Å². The Bertz CT molecular complexity index is 794. The van der Waals surface area contributed by atoms with Gasteiger partial charge in [-0.25, -0.2) is 0 Å². The Morgan fingerprint density at radius 2 is 1.43 bits per heavy atom. The fourth-order valence-electron chi connectivity index (χ4n) is 4.15. The van der Waals surface area contributed by atoms with Crippen molar-refractivity contribution in [2.45, 2.75) is 38.6 Å². The molecule has 4 nitrogen and oxygen atoms in total. The van der Waals surface area contributed by atoms with Crippen LogP contribution in [0.5, 0.6) is 0 Å². The maximum Gasteiger partial charge on any atom is 0.230 e. The summed E-state index contributed by atoms with van der Waals surface area (Å²) < 4.78 is 0. The Labute approximate surface area is 167 Å². The average Bonchev–Trinajstić information content (AvgIpc) is 2.72. The third-order valence-corrected chi connectivity index (χ3v) is 6.13. The lowest BCUT2D eigenvalue weighted by Crippen LogP contribution is -2.47. The molecule has 0 aromatic heterocycles. The normalized spacial score (nSPS) is 17.8. The van der Waals surface area contributed by atoms with Gasteiger partial charge >= 0.3 is 0 Å². The molecular formula is C24H28N2O2. The highest BCUT2D eigenvalue weighted by atomic mass is 16.2. The first-order chi connectivity index (χ1) is 13.7. The molecule has 28 heavy (non-hydrogen) atoms. The lowest BCUT2D eigenvalue weighted by atomic mass is 9.83. The van der Waals surface area contributed by atoms with Crippen molar-refractivity contribution < 1.29 is 9.59 Å². The Balaban J connectivity index is 1.44. The molecule has 0 unspecified atom stereocenters. The molecule has 0 spiro atoms. The van der Waals surface area contributed by atoms with Crippen LogP contribution >= 0.6 is 0 Å². The van der Waals surface area contributed by atoms with Gasteiger partial charge in [0, 0.05) is 30.6 Å². The number of likely N-dealkylation sites (tertiary alicyclic amines) is 1. The van der Waals surface area contributed by atoms with Crippen LogP contribution in [0.1, 0.15) is 37.7 Å². The van der Waals surface area contributed by atoms with E-state index < -0.39 is 0 Å². The number of hydrogen-bond acceptors (Lipinski definition) is 2. The summed E-state index contributed by atoms with van der Waals surface area (Å²) in [6.07, 6.45) is 4.77. The van der Waals surface area contributed by atoms with Gasteiger partial charge in [0.15, 0.2) is 0 Å². The number of nitrogens with zero attached hydrogens (tertiary/aromatic N) is 2. The maximum absolute atomic E-state index is 13.4. The largest absolute Gasteiger partial charge is 0.342 e. The highest BCUT2D eigenvalue weighted by molar-refractivity contribution is 5.95. The minimum atomic E-state index is -0.0191. The van der Waals surface area contributed by atoms with E-state index in [1.807, 2.05) is 58.3 Å². The van der Waals surface area contributed by atoms with E-state index in [0.29, 0.717) is 25.5 Å². The summed E-state index contributed by atoms with van der Waals surface area (Å²) in [5.74, 6) is 0.702. The van der Waals surface area contributed by atoms with Gasteiger partial charge in [0.05, 0.1) is 6.54 Å². The molecule has 1 aliphatic carbocycles. The molecule has 4 rings (SSSR count). The van der Waals surface area contributed by atoms with Crippen molar-refractivity contribution in [3.63, 3.8) is 0 Å². The van der Waals surface area contributed by atoms with E-state index in [1.165, 1.54) is 6.42 Å². The number of piperidine rings is 1. The summed E-state index contributed by atoms with van der Waals surface area (Å²) in [4.78, 5) is 29.8. The summed E-state index contributed by atoms with van der Waals surface area (Å²) in [7, 11) is 0. The van der Waals surface area contributed by atoms with Crippen LogP contribution in [0.3, 0.4) is 0 Å². The molecule has 0 radical (unpaired) electrons. The number of anilines is 1. The zero-order chi connectivity index (χ0) is 19.3. The second kappa shape index (κ2) is 8.59. The zero-order valence-electron chi connectivity index (χ0n) is 16.3. The van der Waals surface area contributed by atoms with Crippen LogP contribution in [0.2, 0.25) is 0 Å². The van der Waals surface area contributed by atoms with Crippen molar-refractivity contribution in [2.75, 3.05) is 18.0 Å². The summed E-state index contributed by atoms with van der Waals surface area (Å²) in [5, 5.41) is 0.